The van der Waals surface area contributed by atoms with Crippen LogP contribution < -0.4 is 10.6 Å². The summed E-state index contributed by atoms with van der Waals surface area (Å²) in [6.07, 6.45) is 2.70. The molecule has 0 atom stereocenters. The van der Waals surface area contributed by atoms with E-state index in [0.717, 1.165) is 31.9 Å². The number of benzene rings is 2. The van der Waals surface area contributed by atoms with Crippen LogP contribution >= 0.6 is 24.0 Å². The average molecular weight is 506 g/mol. The Morgan fingerprint density at radius 1 is 1.00 bits per heavy atom. The molecule has 0 radical (unpaired) electrons. The molecule has 2 N–H and O–H groups in total. The second kappa shape index (κ2) is 11.8. The number of halogens is 1. The van der Waals surface area contributed by atoms with Crippen molar-refractivity contribution in [1.29, 1.82) is 0 Å². The summed E-state index contributed by atoms with van der Waals surface area (Å²) in [5.41, 5.74) is 5.03. The van der Waals surface area contributed by atoms with E-state index >= 15 is 0 Å². The summed E-state index contributed by atoms with van der Waals surface area (Å²) >= 11 is 0. The molecule has 0 spiro atoms. The number of nitrogens with zero attached hydrogens (tertiary/aromatic N) is 2. The molecule has 6 heteroatoms. The first-order valence-electron chi connectivity index (χ1n) is 10.1. The second-order valence-corrected chi connectivity index (χ2v) is 7.14. The minimum atomic E-state index is 0. The number of carbonyl (C=O) groups is 1. The molecule has 1 aliphatic rings. The fourth-order valence-corrected chi connectivity index (χ4v) is 3.51. The molecule has 156 valence electrons. The zero-order valence-corrected chi connectivity index (χ0v) is 19.6. The molecule has 0 aromatic heterocycles. The Bertz CT molecular complexity index is 820. The van der Waals surface area contributed by atoms with Gasteiger partial charge in [-0.25, -0.2) is 0 Å². The predicted molar refractivity (Wildman–Crippen MR) is 129 cm³/mol. The standard InChI is InChI=1S/C23H30N4O.HI/c1-3-20-7-4-5-8-21(20)16-26-23(24-2)25-15-18-10-12-19(13-11-18)17-27-14-6-9-22(27)28;/h4-5,7-8,10-13H,3,6,9,14-17H2,1-2H3,(H2,24,25,26);1H. The van der Waals surface area contributed by atoms with Gasteiger partial charge in [-0.15, -0.1) is 24.0 Å². The number of carbonyl (C=O) groups excluding carboxylic acids is 1. The molecule has 0 unspecified atom stereocenters. The van der Waals surface area contributed by atoms with Crippen molar-refractivity contribution in [1.82, 2.24) is 15.5 Å². The molecule has 1 saturated heterocycles. The highest BCUT2D eigenvalue weighted by molar-refractivity contribution is 14.0. The topological polar surface area (TPSA) is 56.7 Å². The van der Waals surface area contributed by atoms with Gasteiger partial charge < -0.3 is 15.5 Å². The normalized spacial score (nSPS) is 13.9. The van der Waals surface area contributed by atoms with E-state index in [1.165, 1.54) is 22.3 Å². The minimum absolute atomic E-state index is 0. The lowest BCUT2D eigenvalue weighted by Crippen LogP contribution is -2.36. The molecule has 0 bridgehead atoms. The quantitative estimate of drug-likeness (QED) is 0.341. The van der Waals surface area contributed by atoms with Crippen LogP contribution in [0.25, 0.3) is 0 Å². The maximum absolute atomic E-state index is 11.8. The van der Waals surface area contributed by atoms with E-state index in [-0.39, 0.29) is 29.9 Å². The van der Waals surface area contributed by atoms with Crippen LogP contribution in [0.4, 0.5) is 0 Å². The molecule has 1 aliphatic heterocycles. The van der Waals surface area contributed by atoms with Crippen LogP contribution in [0.2, 0.25) is 0 Å². The number of hydrogen-bond acceptors (Lipinski definition) is 2. The van der Waals surface area contributed by atoms with E-state index in [1.807, 2.05) is 4.90 Å². The van der Waals surface area contributed by atoms with E-state index in [4.69, 9.17) is 0 Å². The van der Waals surface area contributed by atoms with Crippen molar-refractivity contribution in [2.24, 2.45) is 4.99 Å². The van der Waals surface area contributed by atoms with Crippen molar-refractivity contribution in [3.63, 3.8) is 0 Å². The first-order chi connectivity index (χ1) is 13.7. The summed E-state index contributed by atoms with van der Waals surface area (Å²) in [5, 5.41) is 6.76. The van der Waals surface area contributed by atoms with E-state index in [2.05, 4.69) is 71.1 Å². The molecule has 1 heterocycles. The van der Waals surface area contributed by atoms with Gasteiger partial charge in [-0.05, 0) is 35.1 Å². The highest BCUT2D eigenvalue weighted by atomic mass is 127. The van der Waals surface area contributed by atoms with Crippen LogP contribution in [0.5, 0.6) is 0 Å². The molecule has 5 nitrogen and oxygen atoms in total. The van der Waals surface area contributed by atoms with Crippen LogP contribution in [0.15, 0.2) is 53.5 Å². The number of aryl methyl sites for hydroxylation is 1. The van der Waals surface area contributed by atoms with Gasteiger partial charge in [0.2, 0.25) is 5.91 Å². The Labute approximate surface area is 191 Å². The summed E-state index contributed by atoms with van der Waals surface area (Å²) < 4.78 is 0. The number of amides is 1. The number of rotatable bonds is 7. The monoisotopic (exact) mass is 506 g/mol. The summed E-state index contributed by atoms with van der Waals surface area (Å²) in [6.45, 7) is 5.23. The van der Waals surface area contributed by atoms with Gasteiger partial charge in [0.15, 0.2) is 5.96 Å². The smallest absolute Gasteiger partial charge is 0.222 e. The predicted octanol–water partition coefficient (Wildman–Crippen LogP) is 3.85. The van der Waals surface area contributed by atoms with Gasteiger partial charge in [0.05, 0.1) is 0 Å². The van der Waals surface area contributed by atoms with Gasteiger partial charge in [-0.2, -0.15) is 0 Å². The Kier molecular flexibility index (Phi) is 9.44. The molecule has 0 saturated carbocycles. The highest BCUT2D eigenvalue weighted by Gasteiger charge is 2.19. The zero-order valence-electron chi connectivity index (χ0n) is 17.3. The molecule has 1 amide bonds. The largest absolute Gasteiger partial charge is 0.352 e. The molecule has 29 heavy (non-hydrogen) atoms. The minimum Gasteiger partial charge on any atom is -0.352 e. The van der Waals surface area contributed by atoms with Gasteiger partial charge in [-0.3, -0.25) is 9.79 Å². The van der Waals surface area contributed by atoms with Gasteiger partial charge >= 0.3 is 0 Å². The van der Waals surface area contributed by atoms with Crippen molar-refractivity contribution in [3.8, 4) is 0 Å². The third-order valence-corrected chi connectivity index (χ3v) is 5.20. The Hall–Kier alpha value is -2.09. The Morgan fingerprint density at radius 2 is 1.66 bits per heavy atom. The average Bonchev–Trinajstić information content (AvgIpc) is 3.14. The van der Waals surface area contributed by atoms with Crippen LogP contribution in [-0.4, -0.2) is 30.4 Å². The highest BCUT2D eigenvalue weighted by Crippen LogP contribution is 2.15. The van der Waals surface area contributed by atoms with E-state index in [1.54, 1.807) is 7.05 Å². The fourth-order valence-electron chi connectivity index (χ4n) is 3.51. The zero-order chi connectivity index (χ0) is 19.8. The van der Waals surface area contributed by atoms with Gasteiger partial charge in [0.1, 0.15) is 0 Å². The maximum Gasteiger partial charge on any atom is 0.222 e. The van der Waals surface area contributed by atoms with E-state index in [9.17, 15) is 4.79 Å². The fraction of sp³-hybridized carbons (Fsp3) is 0.391. The number of likely N-dealkylation sites (tertiary alicyclic amines) is 1. The van der Waals surface area contributed by atoms with Crippen molar-refractivity contribution >= 4 is 35.8 Å². The molecule has 2 aromatic rings. The van der Waals surface area contributed by atoms with Crippen molar-refractivity contribution in [2.45, 2.75) is 45.8 Å². The molecule has 0 aliphatic carbocycles. The molecule has 3 rings (SSSR count). The first-order valence-corrected chi connectivity index (χ1v) is 10.1. The van der Waals surface area contributed by atoms with Crippen molar-refractivity contribution < 1.29 is 4.79 Å². The summed E-state index contributed by atoms with van der Waals surface area (Å²) in [5.74, 6) is 1.06. The Morgan fingerprint density at radius 3 is 2.28 bits per heavy atom. The SMILES string of the molecule is CCc1ccccc1CNC(=NC)NCc1ccc(CN2CCCC2=O)cc1.I. The number of nitrogens with one attached hydrogen (secondary N) is 2. The summed E-state index contributed by atoms with van der Waals surface area (Å²) in [4.78, 5) is 18.0. The van der Waals surface area contributed by atoms with Gasteiger partial charge in [-0.1, -0.05) is 55.5 Å². The molecule has 2 aromatic carbocycles. The second-order valence-electron chi connectivity index (χ2n) is 7.14. The summed E-state index contributed by atoms with van der Waals surface area (Å²) in [6, 6.07) is 16.9. The summed E-state index contributed by atoms with van der Waals surface area (Å²) in [7, 11) is 1.79. The number of hydrogen-bond donors (Lipinski definition) is 2. The maximum atomic E-state index is 11.8. The number of aliphatic imine (C=N–C) groups is 1. The van der Waals surface area contributed by atoms with Crippen LogP contribution in [-0.2, 0) is 30.8 Å². The lowest BCUT2D eigenvalue weighted by atomic mass is 10.1. The van der Waals surface area contributed by atoms with Crippen LogP contribution in [0.1, 0.15) is 42.0 Å². The van der Waals surface area contributed by atoms with E-state index < -0.39 is 0 Å². The molecule has 1 fully saturated rings. The number of guanidine groups is 1. The van der Waals surface area contributed by atoms with Crippen molar-refractivity contribution in [3.05, 3.63) is 70.8 Å². The Balaban J connectivity index is 0.00000300. The molecular weight excluding hydrogens is 475 g/mol. The van der Waals surface area contributed by atoms with Crippen LogP contribution in [0, 0.1) is 0 Å². The third kappa shape index (κ3) is 6.73. The third-order valence-electron chi connectivity index (χ3n) is 5.20. The van der Waals surface area contributed by atoms with E-state index in [0.29, 0.717) is 19.5 Å². The van der Waals surface area contributed by atoms with Gasteiger partial charge in [0.25, 0.3) is 0 Å². The lowest BCUT2D eigenvalue weighted by Gasteiger charge is -2.16. The lowest BCUT2D eigenvalue weighted by molar-refractivity contribution is -0.128. The van der Waals surface area contributed by atoms with Crippen molar-refractivity contribution in [2.75, 3.05) is 13.6 Å². The van der Waals surface area contributed by atoms with Gasteiger partial charge in [0, 0.05) is 39.6 Å². The first kappa shape index (κ1) is 23.2. The molecular formula is C23H31IN4O. The van der Waals surface area contributed by atoms with Crippen LogP contribution in [0.3, 0.4) is 0 Å².